The lowest BCUT2D eigenvalue weighted by Gasteiger charge is -1.99. The molecule has 0 aliphatic rings. The van der Waals surface area contributed by atoms with Gasteiger partial charge in [-0.1, -0.05) is 18.7 Å². The first-order valence-electron chi connectivity index (χ1n) is 3.26. The molecule has 3 N–H and O–H groups in total. The van der Waals surface area contributed by atoms with E-state index in [4.69, 9.17) is 11.3 Å². The summed E-state index contributed by atoms with van der Waals surface area (Å²) in [6.45, 7) is 7.04. The molecule has 0 aliphatic heterocycles. The molecule has 0 aliphatic carbocycles. The van der Waals surface area contributed by atoms with E-state index >= 15 is 0 Å². The molecule has 0 saturated carbocycles. The van der Waals surface area contributed by atoms with Crippen LogP contribution in [0.2, 0.25) is 0 Å². The van der Waals surface area contributed by atoms with Crippen LogP contribution in [0.1, 0.15) is 13.8 Å². The Morgan fingerprint density at radius 3 is 2.45 bits per heavy atom. The second-order valence-electron chi connectivity index (χ2n) is 2.17. The van der Waals surface area contributed by atoms with Crippen LogP contribution in [0.15, 0.2) is 29.4 Å². The lowest BCUT2D eigenvalue weighted by atomic mass is 10.1. The molecule has 60 valence electrons. The SMILES string of the molecule is C=C/C=C(\C)C(=N)C(C)=NN. The topological polar surface area (TPSA) is 62.2 Å². The molecule has 0 fully saturated rings. The van der Waals surface area contributed by atoms with E-state index in [9.17, 15) is 0 Å². The smallest absolute Gasteiger partial charge is 0.0821 e. The lowest BCUT2D eigenvalue weighted by Crippen LogP contribution is -2.12. The van der Waals surface area contributed by atoms with Gasteiger partial charge >= 0.3 is 0 Å². The van der Waals surface area contributed by atoms with E-state index < -0.39 is 0 Å². The molecule has 0 aromatic rings. The third kappa shape index (κ3) is 2.80. The summed E-state index contributed by atoms with van der Waals surface area (Å²) >= 11 is 0. The van der Waals surface area contributed by atoms with Gasteiger partial charge in [0.15, 0.2) is 0 Å². The average molecular weight is 151 g/mol. The van der Waals surface area contributed by atoms with Crippen molar-refractivity contribution in [3.63, 3.8) is 0 Å². The first-order valence-corrected chi connectivity index (χ1v) is 3.26. The van der Waals surface area contributed by atoms with Crippen LogP contribution in [-0.2, 0) is 0 Å². The van der Waals surface area contributed by atoms with E-state index in [0.29, 0.717) is 11.4 Å². The minimum atomic E-state index is 0.354. The number of nitrogens with two attached hydrogens (primary N) is 1. The fraction of sp³-hybridized carbons (Fsp3) is 0.250. The average Bonchev–Trinajstić information content (AvgIpc) is 2.02. The van der Waals surface area contributed by atoms with Gasteiger partial charge in [-0.05, 0) is 19.4 Å². The highest BCUT2D eigenvalue weighted by atomic mass is 15.1. The molecule has 0 bridgehead atoms. The van der Waals surface area contributed by atoms with Gasteiger partial charge in [-0.15, -0.1) is 0 Å². The zero-order valence-electron chi connectivity index (χ0n) is 6.89. The van der Waals surface area contributed by atoms with Gasteiger partial charge < -0.3 is 5.84 Å². The zero-order chi connectivity index (χ0) is 8.85. The van der Waals surface area contributed by atoms with Gasteiger partial charge in [0, 0.05) is 0 Å². The van der Waals surface area contributed by atoms with Crippen molar-refractivity contribution in [1.29, 1.82) is 5.41 Å². The van der Waals surface area contributed by atoms with E-state index in [2.05, 4.69) is 11.7 Å². The quantitative estimate of drug-likeness (QED) is 0.273. The van der Waals surface area contributed by atoms with E-state index in [1.807, 2.05) is 6.92 Å². The molecule has 0 aromatic heterocycles. The minimum Gasteiger partial charge on any atom is -0.323 e. The molecule has 3 nitrogen and oxygen atoms in total. The predicted molar refractivity (Wildman–Crippen MR) is 49.0 cm³/mol. The molecule has 0 heterocycles. The second-order valence-corrected chi connectivity index (χ2v) is 2.17. The normalized spacial score (nSPS) is 12.9. The summed E-state index contributed by atoms with van der Waals surface area (Å²) in [6, 6.07) is 0. The van der Waals surface area contributed by atoms with Crippen LogP contribution in [-0.4, -0.2) is 11.4 Å². The third-order valence-corrected chi connectivity index (χ3v) is 1.32. The number of allylic oxidation sites excluding steroid dienone is 3. The maximum Gasteiger partial charge on any atom is 0.0821 e. The number of nitrogens with zero attached hydrogens (tertiary/aromatic N) is 1. The Bertz CT molecular complexity index is 223. The Morgan fingerprint density at radius 1 is 1.55 bits per heavy atom. The molecule has 0 aromatic carbocycles. The number of hydrazone groups is 1. The number of nitrogens with one attached hydrogen (secondary N) is 1. The van der Waals surface area contributed by atoms with Crippen LogP contribution >= 0.6 is 0 Å². The van der Waals surface area contributed by atoms with Gasteiger partial charge in [-0.25, -0.2) is 0 Å². The zero-order valence-corrected chi connectivity index (χ0v) is 6.89. The molecule has 0 radical (unpaired) electrons. The molecule has 0 saturated heterocycles. The summed E-state index contributed by atoms with van der Waals surface area (Å²) < 4.78 is 0. The molecule has 0 amide bonds. The van der Waals surface area contributed by atoms with Crippen LogP contribution in [0.5, 0.6) is 0 Å². The monoisotopic (exact) mass is 151 g/mol. The molecular weight excluding hydrogens is 138 g/mol. The standard InChI is InChI=1S/C8H13N3/c1-4-5-6(2)8(9)7(3)11-10/h4-5,9H,1,10H2,2-3H3/b6-5+,9-8?,11-7?. The molecule has 0 spiro atoms. The van der Waals surface area contributed by atoms with Gasteiger partial charge in [0.1, 0.15) is 0 Å². The molecule has 0 unspecified atom stereocenters. The van der Waals surface area contributed by atoms with Crippen LogP contribution in [0.3, 0.4) is 0 Å². The van der Waals surface area contributed by atoms with E-state index in [-0.39, 0.29) is 0 Å². The molecule has 3 heteroatoms. The molecule has 0 atom stereocenters. The summed E-state index contributed by atoms with van der Waals surface area (Å²) in [5.74, 6) is 5.00. The summed E-state index contributed by atoms with van der Waals surface area (Å²) in [5, 5.41) is 10.9. The highest BCUT2D eigenvalue weighted by Gasteiger charge is 2.01. The Hall–Kier alpha value is -1.38. The van der Waals surface area contributed by atoms with E-state index in [0.717, 1.165) is 5.57 Å². The molecular formula is C8H13N3. The molecule has 11 heavy (non-hydrogen) atoms. The van der Waals surface area contributed by atoms with Crippen LogP contribution in [0.4, 0.5) is 0 Å². The Kier molecular flexibility index (Phi) is 3.88. The second kappa shape index (κ2) is 4.44. The maximum absolute atomic E-state index is 7.48. The Morgan fingerprint density at radius 2 is 2.09 bits per heavy atom. The van der Waals surface area contributed by atoms with Crippen LogP contribution < -0.4 is 5.84 Å². The van der Waals surface area contributed by atoms with Crippen LogP contribution in [0, 0.1) is 5.41 Å². The largest absolute Gasteiger partial charge is 0.323 e. The Balaban J connectivity index is 4.50. The van der Waals surface area contributed by atoms with Crippen molar-refractivity contribution in [2.45, 2.75) is 13.8 Å². The van der Waals surface area contributed by atoms with Gasteiger partial charge in [-0.2, -0.15) is 5.10 Å². The minimum absolute atomic E-state index is 0.354. The van der Waals surface area contributed by atoms with Gasteiger partial charge in [0.25, 0.3) is 0 Å². The summed E-state index contributed by atoms with van der Waals surface area (Å²) in [4.78, 5) is 0. The first-order chi connectivity index (χ1) is 5.13. The van der Waals surface area contributed by atoms with Crippen molar-refractivity contribution in [1.82, 2.24) is 0 Å². The maximum atomic E-state index is 7.48. The first kappa shape index (κ1) is 9.62. The van der Waals surface area contributed by atoms with Gasteiger partial charge in [0.2, 0.25) is 0 Å². The van der Waals surface area contributed by atoms with Crippen molar-refractivity contribution >= 4 is 11.4 Å². The summed E-state index contributed by atoms with van der Waals surface area (Å²) in [7, 11) is 0. The van der Waals surface area contributed by atoms with Gasteiger partial charge in [0.05, 0.1) is 11.4 Å². The van der Waals surface area contributed by atoms with E-state index in [1.165, 1.54) is 0 Å². The van der Waals surface area contributed by atoms with Crippen molar-refractivity contribution in [3.8, 4) is 0 Å². The summed E-state index contributed by atoms with van der Waals surface area (Å²) in [6.07, 6.45) is 3.38. The van der Waals surface area contributed by atoms with Crippen molar-refractivity contribution < 1.29 is 0 Å². The fourth-order valence-corrected chi connectivity index (χ4v) is 0.610. The van der Waals surface area contributed by atoms with Crippen molar-refractivity contribution in [2.75, 3.05) is 0 Å². The fourth-order valence-electron chi connectivity index (χ4n) is 0.610. The molecule has 0 rings (SSSR count). The highest BCUT2D eigenvalue weighted by Crippen LogP contribution is 1.96. The number of rotatable bonds is 3. The summed E-state index contributed by atoms with van der Waals surface area (Å²) in [5.41, 5.74) is 1.69. The third-order valence-electron chi connectivity index (χ3n) is 1.32. The van der Waals surface area contributed by atoms with Crippen LogP contribution in [0.25, 0.3) is 0 Å². The van der Waals surface area contributed by atoms with Crippen molar-refractivity contribution in [2.24, 2.45) is 10.9 Å². The van der Waals surface area contributed by atoms with Crippen molar-refractivity contribution in [3.05, 3.63) is 24.3 Å². The Labute approximate surface area is 66.8 Å². The number of hydrogen-bond donors (Lipinski definition) is 2. The van der Waals surface area contributed by atoms with E-state index in [1.54, 1.807) is 19.1 Å². The van der Waals surface area contributed by atoms with Gasteiger partial charge in [-0.3, -0.25) is 5.41 Å². The number of hydrogen-bond acceptors (Lipinski definition) is 3. The highest BCUT2D eigenvalue weighted by molar-refractivity contribution is 6.46. The lowest BCUT2D eigenvalue weighted by molar-refractivity contribution is 1.24. The predicted octanol–water partition coefficient (Wildman–Crippen LogP) is 1.47.